The quantitative estimate of drug-likeness (QED) is 0.0950. The number of carbonyl (C=O) groups is 2. The molecule has 5 heteroatoms. The van der Waals surface area contributed by atoms with Gasteiger partial charge in [0.05, 0.1) is 6.42 Å². The number of rotatable bonds is 12. The van der Waals surface area contributed by atoms with Crippen molar-refractivity contribution in [1.29, 1.82) is 0 Å². The van der Waals surface area contributed by atoms with Gasteiger partial charge in [-0.1, -0.05) is 91.6 Å². The van der Waals surface area contributed by atoms with Crippen LogP contribution in [0, 0.1) is 0 Å². The second-order valence-electron chi connectivity index (χ2n) is 7.74. The molecule has 0 aliphatic rings. The number of hydrogen-bond donors (Lipinski definition) is 0. The van der Waals surface area contributed by atoms with Crippen molar-refractivity contribution in [1.82, 2.24) is 0 Å². The normalized spacial score (nSPS) is 11.2. The van der Waals surface area contributed by atoms with Crippen LogP contribution in [0.25, 0.3) is 0 Å². The summed E-state index contributed by atoms with van der Waals surface area (Å²) < 4.78 is 0. The van der Waals surface area contributed by atoms with E-state index in [1.165, 1.54) is 0 Å². The van der Waals surface area contributed by atoms with Gasteiger partial charge in [0.15, 0.2) is 0 Å². The third kappa shape index (κ3) is 8.35. The van der Waals surface area contributed by atoms with Gasteiger partial charge in [-0.05, 0) is 54.8 Å². The third-order valence-electron chi connectivity index (χ3n) is 5.07. The lowest BCUT2D eigenvalue weighted by Crippen LogP contribution is -2.16. The molecule has 0 aliphatic heterocycles. The molecule has 0 amide bonds. The summed E-state index contributed by atoms with van der Waals surface area (Å²) in [4.78, 5) is 32.7. The molecule has 0 N–H and O–H groups in total. The smallest absolute Gasteiger partial charge is 0.318 e. The van der Waals surface area contributed by atoms with E-state index in [4.69, 9.17) is 4.84 Å². The van der Waals surface area contributed by atoms with Crippen molar-refractivity contribution in [2.24, 2.45) is 5.16 Å². The van der Waals surface area contributed by atoms with Crippen molar-refractivity contribution in [3.63, 3.8) is 0 Å². The number of benzene rings is 3. The molecule has 0 heterocycles. The Balaban J connectivity index is 1.67. The van der Waals surface area contributed by atoms with Crippen molar-refractivity contribution in [3.8, 4) is 0 Å². The van der Waals surface area contributed by atoms with E-state index in [2.05, 4.69) is 24.2 Å². The highest BCUT2D eigenvalue weighted by Gasteiger charge is 2.16. The van der Waals surface area contributed by atoms with Crippen LogP contribution >= 0.6 is 11.8 Å². The van der Waals surface area contributed by atoms with E-state index >= 15 is 0 Å². The van der Waals surface area contributed by atoms with E-state index < -0.39 is 5.97 Å². The molecular formula is C28H29NO3S. The van der Waals surface area contributed by atoms with Gasteiger partial charge >= 0.3 is 5.97 Å². The SMILES string of the molecule is CCCCCCC(=NOC(=O)Cc1ccccc1)C(=O)c1ccc(Sc2ccccc2)cc1. The molecular weight excluding hydrogens is 430 g/mol. The lowest BCUT2D eigenvalue weighted by molar-refractivity contribution is -0.142. The Morgan fingerprint density at radius 2 is 1.42 bits per heavy atom. The van der Waals surface area contributed by atoms with Gasteiger partial charge in [0, 0.05) is 15.4 Å². The first-order chi connectivity index (χ1) is 16.2. The van der Waals surface area contributed by atoms with E-state index in [0.717, 1.165) is 41.0 Å². The molecule has 0 saturated carbocycles. The molecule has 0 atom stereocenters. The highest BCUT2D eigenvalue weighted by molar-refractivity contribution is 7.99. The van der Waals surface area contributed by atoms with Gasteiger partial charge in [-0.2, -0.15) is 0 Å². The summed E-state index contributed by atoms with van der Waals surface area (Å²) in [6, 6.07) is 26.9. The van der Waals surface area contributed by atoms with Crippen LogP contribution in [0.5, 0.6) is 0 Å². The fraction of sp³-hybridized carbons (Fsp3) is 0.250. The van der Waals surface area contributed by atoms with Crippen LogP contribution in [0.1, 0.15) is 54.9 Å². The standard InChI is InChI=1S/C28H29NO3S/c1-2-3-4-11-16-26(29-32-27(30)21-22-12-7-5-8-13-22)28(31)23-17-19-25(20-18-23)33-24-14-9-6-10-15-24/h5-10,12-15,17-20H,2-4,11,16,21H2,1H3. The van der Waals surface area contributed by atoms with Crippen molar-refractivity contribution >= 4 is 29.2 Å². The molecule has 0 saturated heterocycles. The average Bonchev–Trinajstić information content (AvgIpc) is 2.85. The van der Waals surface area contributed by atoms with Crippen LogP contribution in [0.2, 0.25) is 0 Å². The van der Waals surface area contributed by atoms with Gasteiger partial charge in [0.25, 0.3) is 0 Å². The number of carbonyl (C=O) groups excluding carboxylic acids is 2. The predicted molar refractivity (Wildman–Crippen MR) is 134 cm³/mol. The zero-order valence-electron chi connectivity index (χ0n) is 18.9. The second-order valence-corrected chi connectivity index (χ2v) is 8.89. The zero-order valence-corrected chi connectivity index (χ0v) is 19.7. The monoisotopic (exact) mass is 459 g/mol. The topological polar surface area (TPSA) is 55.7 Å². The number of hydrogen-bond acceptors (Lipinski definition) is 5. The summed E-state index contributed by atoms with van der Waals surface area (Å²) in [7, 11) is 0. The minimum Gasteiger partial charge on any atom is -0.318 e. The number of Topliss-reactive ketones (excluding diaryl/α,β-unsaturated/α-hetero) is 1. The van der Waals surface area contributed by atoms with Crippen molar-refractivity contribution in [2.75, 3.05) is 0 Å². The maximum Gasteiger partial charge on any atom is 0.339 e. The molecule has 0 unspecified atom stereocenters. The summed E-state index contributed by atoms with van der Waals surface area (Å²) in [5, 5.41) is 4.00. The summed E-state index contributed by atoms with van der Waals surface area (Å²) in [6.07, 6.45) is 4.64. The summed E-state index contributed by atoms with van der Waals surface area (Å²) in [5.74, 6) is -0.676. The van der Waals surface area contributed by atoms with Gasteiger partial charge in [-0.15, -0.1) is 0 Å². The molecule has 0 aliphatic carbocycles. The van der Waals surface area contributed by atoms with Crippen LogP contribution in [-0.2, 0) is 16.1 Å². The van der Waals surface area contributed by atoms with E-state index in [1.54, 1.807) is 23.9 Å². The molecule has 170 valence electrons. The van der Waals surface area contributed by atoms with Crippen LogP contribution in [0.4, 0.5) is 0 Å². The van der Waals surface area contributed by atoms with Gasteiger partial charge in [0.2, 0.25) is 5.78 Å². The van der Waals surface area contributed by atoms with Crippen LogP contribution in [0.3, 0.4) is 0 Å². The van der Waals surface area contributed by atoms with E-state index in [-0.39, 0.29) is 17.9 Å². The van der Waals surface area contributed by atoms with Crippen molar-refractivity contribution in [3.05, 3.63) is 96.1 Å². The maximum absolute atomic E-state index is 13.1. The molecule has 3 aromatic carbocycles. The third-order valence-corrected chi connectivity index (χ3v) is 6.09. The number of ketones is 1. The Bertz CT molecular complexity index is 1050. The summed E-state index contributed by atoms with van der Waals surface area (Å²) in [5.41, 5.74) is 1.68. The summed E-state index contributed by atoms with van der Waals surface area (Å²) in [6.45, 7) is 2.14. The van der Waals surface area contributed by atoms with Crippen LogP contribution in [0.15, 0.2) is 99.9 Å². The molecule has 0 radical (unpaired) electrons. The first-order valence-corrected chi connectivity index (χ1v) is 12.2. The Morgan fingerprint density at radius 3 is 2.09 bits per heavy atom. The minimum atomic E-state index is -0.477. The maximum atomic E-state index is 13.1. The highest BCUT2D eigenvalue weighted by Crippen LogP contribution is 2.27. The van der Waals surface area contributed by atoms with E-state index in [0.29, 0.717) is 12.0 Å². The molecule has 0 aromatic heterocycles. The van der Waals surface area contributed by atoms with Gasteiger partial charge in [-0.3, -0.25) is 4.79 Å². The van der Waals surface area contributed by atoms with Gasteiger partial charge in [-0.25, -0.2) is 4.79 Å². The average molecular weight is 460 g/mol. The Hall–Kier alpha value is -3.18. The fourth-order valence-electron chi connectivity index (χ4n) is 3.29. The first-order valence-electron chi connectivity index (χ1n) is 11.3. The molecule has 3 rings (SSSR count). The van der Waals surface area contributed by atoms with Crippen molar-refractivity contribution in [2.45, 2.75) is 55.2 Å². The molecule has 0 fully saturated rings. The number of nitrogens with zero attached hydrogens (tertiary/aromatic N) is 1. The largest absolute Gasteiger partial charge is 0.339 e. The lowest BCUT2D eigenvalue weighted by Gasteiger charge is -2.07. The van der Waals surface area contributed by atoms with Gasteiger partial charge in [0.1, 0.15) is 5.71 Å². The summed E-state index contributed by atoms with van der Waals surface area (Å²) >= 11 is 1.64. The predicted octanol–water partition coefficient (Wildman–Crippen LogP) is 7.13. The Labute approximate surface area is 200 Å². The van der Waals surface area contributed by atoms with E-state index in [9.17, 15) is 9.59 Å². The Kier molecular flexibility index (Phi) is 9.92. The molecule has 4 nitrogen and oxygen atoms in total. The molecule has 3 aromatic rings. The zero-order chi connectivity index (χ0) is 23.3. The second kappa shape index (κ2) is 13.4. The van der Waals surface area contributed by atoms with E-state index in [1.807, 2.05) is 60.7 Å². The van der Waals surface area contributed by atoms with Crippen molar-refractivity contribution < 1.29 is 14.4 Å². The fourth-order valence-corrected chi connectivity index (χ4v) is 4.12. The first kappa shape index (κ1) is 24.5. The Morgan fingerprint density at radius 1 is 0.788 bits per heavy atom. The molecule has 33 heavy (non-hydrogen) atoms. The lowest BCUT2D eigenvalue weighted by atomic mass is 10.0. The molecule has 0 spiro atoms. The van der Waals surface area contributed by atoms with Crippen LogP contribution < -0.4 is 0 Å². The van der Waals surface area contributed by atoms with Gasteiger partial charge < -0.3 is 4.84 Å². The van der Waals surface area contributed by atoms with Crippen LogP contribution in [-0.4, -0.2) is 17.5 Å². The number of oxime groups is 1. The number of unbranched alkanes of at least 4 members (excludes halogenated alkanes) is 3. The highest BCUT2D eigenvalue weighted by atomic mass is 32.2. The molecule has 0 bridgehead atoms. The minimum absolute atomic E-state index is 0.118.